The molecule has 0 saturated heterocycles. The monoisotopic (exact) mass is 467 g/mol. The number of rotatable bonds is 8. The predicted molar refractivity (Wildman–Crippen MR) is 124 cm³/mol. The number of hydrogen-bond donors (Lipinski definition) is 4. The molecule has 2 aromatic carbocycles. The van der Waals surface area contributed by atoms with E-state index in [0.29, 0.717) is 38.9 Å². The molecule has 1 amide bonds. The Balaban J connectivity index is 1.46. The van der Waals surface area contributed by atoms with E-state index in [1.54, 1.807) is 42.5 Å². The second-order valence-corrected chi connectivity index (χ2v) is 7.39. The number of anilines is 2. The van der Waals surface area contributed by atoms with Gasteiger partial charge in [0.05, 0.1) is 10.5 Å². The highest BCUT2D eigenvalue weighted by molar-refractivity contribution is 6.32. The van der Waals surface area contributed by atoms with Crippen LogP contribution in [-0.2, 0) is 6.61 Å². The van der Waals surface area contributed by atoms with E-state index >= 15 is 0 Å². The van der Waals surface area contributed by atoms with Crippen molar-refractivity contribution in [3.05, 3.63) is 83.0 Å². The van der Waals surface area contributed by atoms with Crippen LogP contribution in [0.1, 0.15) is 11.3 Å². The maximum absolute atomic E-state index is 13.3. The van der Waals surface area contributed by atoms with Crippen LogP contribution in [0.2, 0.25) is 5.02 Å². The Morgan fingerprint density at radius 1 is 1.21 bits per heavy atom. The van der Waals surface area contributed by atoms with Crippen molar-refractivity contribution in [1.29, 1.82) is 0 Å². The molecule has 0 unspecified atom stereocenters. The molecule has 4 aromatic rings. The molecule has 4 rings (SSSR count). The fourth-order valence-electron chi connectivity index (χ4n) is 3.10. The quantitative estimate of drug-likeness (QED) is 0.278. The fraction of sp³-hybridized carbons (Fsp3) is 0.0870. The molecule has 0 aliphatic carbocycles. The SMILES string of the molecule is O=C(O)NC/C=C/c1cc2ncnc(Nc3ccc(OCc4cccc(F)c4)c(Cl)c3)c2[nH]1. The van der Waals surface area contributed by atoms with E-state index in [1.807, 2.05) is 6.07 Å². The molecule has 0 saturated carbocycles. The minimum absolute atomic E-state index is 0.188. The summed E-state index contributed by atoms with van der Waals surface area (Å²) in [6.07, 6.45) is 3.79. The van der Waals surface area contributed by atoms with Gasteiger partial charge in [0.15, 0.2) is 5.82 Å². The van der Waals surface area contributed by atoms with Crippen molar-refractivity contribution in [2.45, 2.75) is 6.61 Å². The average Bonchev–Trinajstić information content (AvgIpc) is 3.20. The highest BCUT2D eigenvalue weighted by atomic mass is 35.5. The Kier molecular flexibility index (Phi) is 6.70. The number of nitrogens with one attached hydrogen (secondary N) is 3. The van der Waals surface area contributed by atoms with Crippen LogP contribution in [0.15, 0.2) is 60.9 Å². The molecule has 2 heterocycles. The van der Waals surface area contributed by atoms with Crippen LogP contribution >= 0.6 is 11.6 Å². The summed E-state index contributed by atoms with van der Waals surface area (Å²) >= 11 is 6.37. The molecule has 8 nitrogen and oxygen atoms in total. The third kappa shape index (κ3) is 5.78. The zero-order valence-electron chi connectivity index (χ0n) is 17.2. The highest BCUT2D eigenvalue weighted by Gasteiger charge is 2.10. The Labute approximate surface area is 193 Å². The van der Waals surface area contributed by atoms with E-state index in [2.05, 4.69) is 25.6 Å². The van der Waals surface area contributed by atoms with Gasteiger partial charge >= 0.3 is 6.09 Å². The van der Waals surface area contributed by atoms with Gasteiger partial charge in [0.25, 0.3) is 0 Å². The van der Waals surface area contributed by atoms with Crippen LogP contribution in [0.25, 0.3) is 17.1 Å². The molecule has 0 aliphatic rings. The lowest BCUT2D eigenvalue weighted by Gasteiger charge is -2.11. The summed E-state index contributed by atoms with van der Waals surface area (Å²) in [5.41, 5.74) is 3.52. The first-order valence-electron chi connectivity index (χ1n) is 9.89. The summed E-state index contributed by atoms with van der Waals surface area (Å²) in [6, 6.07) is 13.2. The van der Waals surface area contributed by atoms with Gasteiger partial charge in [-0.3, -0.25) is 0 Å². The largest absolute Gasteiger partial charge is 0.487 e. The van der Waals surface area contributed by atoms with Crippen LogP contribution in [0.4, 0.5) is 20.7 Å². The predicted octanol–water partition coefficient (Wildman–Crippen LogP) is 5.35. The van der Waals surface area contributed by atoms with Gasteiger partial charge in [-0.15, -0.1) is 0 Å². The molecule has 0 fully saturated rings. The number of ether oxygens (including phenoxy) is 1. The van der Waals surface area contributed by atoms with Crippen LogP contribution in [0, 0.1) is 5.82 Å². The number of carboxylic acid groups (broad SMARTS) is 1. The van der Waals surface area contributed by atoms with Crippen LogP contribution < -0.4 is 15.4 Å². The number of carbonyl (C=O) groups is 1. The van der Waals surface area contributed by atoms with Crippen molar-refractivity contribution < 1.29 is 19.0 Å². The molecule has 0 aliphatic heterocycles. The third-order valence-corrected chi connectivity index (χ3v) is 4.88. The lowest BCUT2D eigenvalue weighted by atomic mass is 10.2. The minimum Gasteiger partial charge on any atom is -0.487 e. The molecule has 0 bridgehead atoms. The van der Waals surface area contributed by atoms with E-state index < -0.39 is 6.09 Å². The Morgan fingerprint density at radius 2 is 2.09 bits per heavy atom. The minimum atomic E-state index is -1.09. The first kappa shape index (κ1) is 22.1. The van der Waals surface area contributed by atoms with E-state index in [4.69, 9.17) is 21.4 Å². The van der Waals surface area contributed by atoms with Gasteiger partial charge in [0.1, 0.15) is 30.0 Å². The molecule has 0 atom stereocenters. The zero-order chi connectivity index (χ0) is 23.2. The molecule has 0 spiro atoms. The van der Waals surface area contributed by atoms with E-state index in [-0.39, 0.29) is 19.0 Å². The Bertz CT molecular complexity index is 1320. The average molecular weight is 468 g/mol. The highest BCUT2D eigenvalue weighted by Crippen LogP contribution is 2.31. The number of benzene rings is 2. The second-order valence-electron chi connectivity index (χ2n) is 6.98. The van der Waals surface area contributed by atoms with Crippen molar-refractivity contribution in [2.75, 3.05) is 11.9 Å². The van der Waals surface area contributed by atoms with Gasteiger partial charge in [-0.25, -0.2) is 19.2 Å². The molecule has 4 N–H and O–H groups in total. The molecule has 33 heavy (non-hydrogen) atoms. The summed E-state index contributed by atoms with van der Waals surface area (Å²) in [7, 11) is 0. The molecule has 168 valence electrons. The molecular formula is C23H19ClFN5O3. The molecule has 0 radical (unpaired) electrons. The maximum Gasteiger partial charge on any atom is 0.404 e. The smallest absolute Gasteiger partial charge is 0.404 e. The van der Waals surface area contributed by atoms with Gasteiger partial charge in [-0.2, -0.15) is 0 Å². The van der Waals surface area contributed by atoms with Crippen molar-refractivity contribution in [1.82, 2.24) is 20.3 Å². The summed E-state index contributed by atoms with van der Waals surface area (Å²) in [5, 5.41) is 14.5. The van der Waals surface area contributed by atoms with E-state index in [0.717, 1.165) is 5.69 Å². The number of hydrogen-bond acceptors (Lipinski definition) is 5. The second kappa shape index (κ2) is 10.0. The number of halogens is 2. The lowest BCUT2D eigenvalue weighted by Crippen LogP contribution is -2.20. The Morgan fingerprint density at radius 3 is 2.88 bits per heavy atom. The first-order valence-corrected chi connectivity index (χ1v) is 10.3. The Hall–Kier alpha value is -4.11. The molecule has 10 heteroatoms. The van der Waals surface area contributed by atoms with E-state index in [9.17, 15) is 9.18 Å². The van der Waals surface area contributed by atoms with Crippen molar-refractivity contribution in [2.24, 2.45) is 0 Å². The van der Waals surface area contributed by atoms with Crippen molar-refractivity contribution in [3.63, 3.8) is 0 Å². The molecular weight excluding hydrogens is 449 g/mol. The zero-order valence-corrected chi connectivity index (χ0v) is 17.9. The summed E-state index contributed by atoms with van der Waals surface area (Å²) in [5.74, 6) is 0.701. The lowest BCUT2D eigenvalue weighted by molar-refractivity contribution is 0.195. The van der Waals surface area contributed by atoms with Crippen LogP contribution in [-0.4, -0.2) is 32.7 Å². The number of nitrogens with zero attached hydrogens (tertiary/aromatic N) is 2. The van der Waals surface area contributed by atoms with Gasteiger partial charge in [-0.1, -0.05) is 29.8 Å². The van der Waals surface area contributed by atoms with Gasteiger partial charge in [0.2, 0.25) is 0 Å². The number of amides is 1. The number of aromatic amines is 1. The van der Waals surface area contributed by atoms with Gasteiger partial charge in [-0.05, 0) is 48.0 Å². The van der Waals surface area contributed by atoms with Gasteiger partial charge in [0, 0.05) is 17.9 Å². The topological polar surface area (TPSA) is 112 Å². The van der Waals surface area contributed by atoms with E-state index in [1.165, 1.54) is 18.5 Å². The fourth-order valence-corrected chi connectivity index (χ4v) is 3.33. The first-order chi connectivity index (χ1) is 16.0. The number of H-pyrrole nitrogens is 1. The van der Waals surface area contributed by atoms with Crippen LogP contribution in [0.5, 0.6) is 5.75 Å². The molecule has 2 aromatic heterocycles. The third-order valence-electron chi connectivity index (χ3n) is 4.58. The normalized spacial score (nSPS) is 11.1. The maximum atomic E-state index is 13.3. The summed E-state index contributed by atoms with van der Waals surface area (Å²) in [4.78, 5) is 22.3. The number of aromatic nitrogens is 3. The van der Waals surface area contributed by atoms with Crippen LogP contribution in [0.3, 0.4) is 0 Å². The summed E-state index contributed by atoms with van der Waals surface area (Å²) in [6.45, 7) is 0.380. The number of fused-ring (bicyclic) bond motifs is 1. The summed E-state index contributed by atoms with van der Waals surface area (Å²) < 4.78 is 19.0. The standard InChI is InChI=1S/C23H19ClFN5O3/c24-18-10-17(6-7-20(18)33-12-14-3-1-4-15(25)9-14)30-22-21-19(27-13-28-22)11-16(29-21)5-2-8-26-23(31)32/h1-7,9-11,13,26,29H,8,12H2,(H,31,32)(H,27,28,30)/b5-2+. The van der Waals surface area contributed by atoms with Gasteiger partial charge < -0.3 is 25.5 Å². The van der Waals surface area contributed by atoms with Crippen molar-refractivity contribution in [3.8, 4) is 5.75 Å². The van der Waals surface area contributed by atoms with Crippen molar-refractivity contribution >= 4 is 46.3 Å².